The van der Waals surface area contributed by atoms with E-state index in [2.05, 4.69) is 0 Å². The van der Waals surface area contributed by atoms with Gasteiger partial charge in [0.25, 0.3) is 5.91 Å². The molecule has 0 aromatic heterocycles. The molecule has 0 radical (unpaired) electrons. The molecule has 1 aliphatic rings. The van der Waals surface area contributed by atoms with Gasteiger partial charge in [0.2, 0.25) is 0 Å². The lowest BCUT2D eigenvalue weighted by Crippen LogP contribution is -2.40. The van der Waals surface area contributed by atoms with E-state index in [-0.39, 0.29) is 25.0 Å². The topological polar surface area (TPSA) is 85.3 Å². The highest BCUT2D eigenvalue weighted by Gasteiger charge is 2.40. The van der Waals surface area contributed by atoms with Crippen LogP contribution in [0.3, 0.4) is 0 Å². The number of aryl methyl sites for hydroxylation is 1. The first-order valence-electron chi connectivity index (χ1n) is 7.22. The maximum atomic E-state index is 12.8. The minimum atomic E-state index is -1.03. The third-order valence-electron chi connectivity index (χ3n) is 4.10. The Morgan fingerprint density at radius 2 is 1.78 bits per heavy atom. The molecular formula is C16H21NO6. The van der Waals surface area contributed by atoms with Crippen molar-refractivity contribution in [1.82, 2.24) is 4.90 Å². The molecule has 1 fully saturated rings. The van der Waals surface area contributed by atoms with Gasteiger partial charge < -0.3 is 24.2 Å². The van der Waals surface area contributed by atoms with E-state index in [1.165, 1.54) is 26.2 Å². The molecule has 23 heavy (non-hydrogen) atoms. The third kappa shape index (κ3) is 3.24. The van der Waals surface area contributed by atoms with Crippen LogP contribution in [0.5, 0.6) is 11.5 Å². The summed E-state index contributed by atoms with van der Waals surface area (Å²) >= 11 is 0. The quantitative estimate of drug-likeness (QED) is 0.880. The zero-order valence-corrected chi connectivity index (χ0v) is 13.7. The fourth-order valence-electron chi connectivity index (χ4n) is 2.79. The first-order chi connectivity index (χ1) is 10.9. The van der Waals surface area contributed by atoms with Crippen LogP contribution in [-0.4, -0.2) is 61.9 Å². The number of hydrogen-bond donors (Lipinski definition) is 1. The maximum Gasteiger partial charge on any atom is 0.326 e. The summed E-state index contributed by atoms with van der Waals surface area (Å²) in [5.41, 5.74) is 1.09. The molecule has 0 spiro atoms. The number of likely N-dealkylation sites (tertiary alicyclic amines) is 1. The number of carbonyl (C=O) groups is 2. The van der Waals surface area contributed by atoms with Crippen LogP contribution in [0.15, 0.2) is 12.1 Å². The predicted octanol–water partition coefficient (Wildman–Crippen LogP) is 1.33. The van der Waals surface area contributed by atoms with Crippen molar-refractivity contribution in [3.8, 4) is 11.5 Å². The van der Waals surface area contributed by atoms with Gasteiger partial charge in [-0.15, -0.1) is 0 Å². The smallest absolute Gasteiger partial charge is 0.326 e. The van der Waals surface area contributed by atoms with Gasteiger partial charge in [-0.1, -0.05) is 0 Å². The molecule has 0 saturated carbocycles. The molecule has 0 bridgehead atoms. The van der Waals surface area contributed by atoms with Crippen molar-refractivity contribution in [2.75, 3.05) is 27.9 Å². The Morgan fingerprint density at radius 1 is 1.17 bits per heavy atom. The Balaban J connectivity index is 2.37. The van der Waals surface area contributed by atoms with Gasteiger partial charge in [0, 0.05) is 25.6 Å². The SMILES string of the molecule is COc1cc(C)c(C(=O)N2CC(OC)CC2C(=O)O)cc1OC. The van der Waals surface area contributed by atoms with Gasteiger partial charge in [0.05, 0.1) is 20.3 Å². The molecule has 2 atom stereocenters. The van der Waals surface area contributed by atoms with Crippen LogP contribution < -0.4 is 9.47 Å². The van der Waals surface area contributed by atoms with E-state index in [9.17, 15) is 14.7 Å². The van der Waals surface area contributed by atoms with Crippen molar-refractivity contribution in [1.29, 1.82) is 0 Å². The van der Waals surface area contributed by atoms with Gasteiger partial charge in [-0.25, -0.2) is 4.79 Å². The molecular weight excluding hydrogens is 302 g/mol. The van der Waals surface area contributed by atoms with Crippen LogP contribution in [0.2, 0.25) is 0 Å². The van der Waals surface area contributed by atoms with Gasteiger partial charge in [0.15, 0.2) is 11.5 Å². The second-order valence-corrected chi connectivity index (χ2v) is 5.43. The highest BCUT2D eigenvalue weighted by molar-refractivity contribution is 5.99. The molecule has 1 saturated heterocycles. The molecule has 1 aromatic carbocycles. The summed E-state index contributed by atoms with van der Waals surface area (Å²) < 4.78 is 15.6. The Bertz CT molecular complexity index is 615. The standard InChI is InChI=1S/C16H21NO6/c1-9-5-13(22-3)14(23-4)7-11(9)15(18)17-8-10(21-2)6-12(17)16(19)20/h5,7,10,12H,6,8H2,1-4H3,(H,19,20). The average molecular weight is 323 g/mol. The first-order valence-corrected chi connectivity index (χ1v) is 7.22. The van der Waals surface area contributed by atoms with Gasteiger partial charge in [-0.05, 0) is 24.6 Å². The maximum absolute atomic E-state index is 12.8. The lowest BCUT2D eigenvalue weighted by molar-refractivity contribution is -0.141. The van der Waals surface area contributed by atoms with Gasteiger partial charge in [-0.3, -0.25) is 4.79 Å². The molecule has 126 valence electrons. The van der Waals surface area contributed by atoms with E-state index in [0.29, 0.717) is 22.6 Å². The number of amides is 1. The Morgan fingerprint density at radius 3 is 2.30 bits per heavy atom. The summed E-state index contributed by atoms with van der Waals surface area (Å²) in [5.74, 6) is -0.435. The van der Waals surface area contributed by atoms with E-state index < -0.39 is 12.0 Å². The van der Waals surface area contributed by atoms with Gasteiger partial charge in [0.1, 0.15) is 6.04 Å². The summed E-state index contributed by atoms with van der Waals surface area (Å²) in [4.78, 5) is 25.6. The third-order valence-corrected chi connectivity index (χ3v) is 4.10. The number of hydrogen-bond acceptors (Lipinski definition) is 5. The van der Waals surface area contributed by atoms with Crippen LogP contribution in [0.25, 0.3) is 0 Å². The molecule has 7 nitrogen and oxygen atoms in total. The number of methoxy groups -OCH3 is 3. The number of carboxylic acid groups (broad SMARTS) is 1. The van der Waals surface area contributed by atoms with Crippen LogP contribution >= 0.6 is 0 Å². The summed E-state index contributed by atoms with van der Waals surface area (Å²) in [6, 6.07) is 2.39. The molecule has 1 heterocycles. The van der Waals surface area contributed by atoms with E-state index >= 15 is 0 Å². The van der Waals surface area contributed by atoms with Crippen molar-refractivity contribution in [2.45, 2.75) is 25.5 Å². The van der Waals surface area contributed by atoms with E-state index in [1.54, 1.807) is 19.1 Å². The normalized spacial score (nSPS) is 20.4. The molecule has 1 aliphatic heterocycles. The fourth-order valence-corrected chi connectivity index (χ4v) is 2.79. The highest BCUT2D eigenvalue weighted by atomic mass is 16.5. The summed E-state index contributed by atoms with van der Waals surface area (Å²) in [6.45, 7) is 2.02. The number of rotatable bonds is 5. The Hall–Kier alpha value is -2.28. The highest BCUT2D eigenvalue weighted by Crippen LogP contribution is 2.32. The van der Waals surface area contributed by atoms with E-state index in [4.69, 9.17) is 14.2 Å². The van der Waals surface area contributed by atoms with Crippen molar-refractivity contribution in [3.05, 3.63) is 23.3 Å². The summed E-state index contributed by atoms with van der Waals surface area (Å²) in [6.07, 6.45) is 0.00434. The summed E-state index contributed by atoms with van der Waals surface area (Å²) in [5, 5.41) is 9.35. The zero-order chi connectivity index (χ0) is 17.1. The minimum Gasteiger partial charge on any atom is -0.493 e. The Kier molecular flexibility index (Phi) is 5.10. The first kappa shape index (κ1) is 17.1. The van der Waals surface area contributed by atoms with Crippen LogP contribution in [-0.2, 0) is 9.53 Å². The fraction of sp³-hybridized carbons (Fsp3) is 0.500. The van der Waals surface area contributed by atoms with Crippen LogP contribution in [0.1, 0.15) is 22.3 Å². The molecule has 2 rings (SSSR count). The summed E-state index contributed by atoms with van der Waals surface area (Å²) in [7, 11) is 4.51. The lowest BCUT2D eigenvalue weighted by Gasteiger charge is -2.23. The van der Waals surface area contributed by atoms with E-state index in [1.807, 2.05) is 0 Å². The van der Waals surface area contributed by atoms with E-state index in [0.717, 1.165) is 0 Å². The van der Waals surface area contributed by atoms with Crippen LogP contribution in [0.4, 0.5) is 0 Å². The van der Waals surface area contributed by atoms with Crippen molar-refractivity contribution >= 4 is 11.9 Å². The minimum absolute atomic E-state index is 0.250. The predicted molar refractivity (Wildman–Crippen MR) is 82.2 cm³/mol. The van der Waals surface area contributed by atoms with Crippen molar-refractivity contribution < 1.29 is 28.9 Å². The molecule has 1 aromatic rings. The van der Waals surface area contributed by atoms with Gasteiger partial charge >= 0.3 is 5.97 Å². The monoisotopic (exact) mass is 323 g/mol. The van der Waals surface area contributed by atoms with Gasteiger partial charge in [-0.2, -0.15) is 0 Å². The molecule has 1 amide bonds. The second-order valence-electron chi connectivity index (χ2n) is 5.43. The van der Waals surface area contributed by atoms with Crippen molar-refractivity contribution in [3.63, 3.8) is 0 Å². The molecule has 2 unspecified atom stereocenters. The largest absolute Gasteiger partial charge is 0.493 e. The zero-order valence-electron chi connectivity index (χ0n) is 13.7. The lowest BCUT2D eigenvalue weighted by atomic mass is 10.1. The molecule has 0 aliphatic carbocycles. The second kappa shape index (κ2) is 6.87. The number of carbonyl (C=O) groups excluding carboxylic acids is 1. The number of aliphatic carboxylic acids is 1. The average Bonchev–Trinajstić information content (AvgIpc) is 2.98. The number of ether oxygens (including phenoxy) is 3. The number of benzene rings is 1. The number of nitrogens with zero attached hydrogens (tertiary/aromatic N) is 1. The Labute approximate surface area is 134 Å². The van der Waals surface area contributed by atoms with Crippen LogP contribution in [0, 0.1) is 6.92 Å². The molecule has 1 N–H and O–H groups in total. The van der Waals surface area contributed by atoms with Crippen molar-refractivity contribution in [2.24, 2.45) is 0 Å². The number of carboxylic acids is 1. The molecule has 7 heteroatoms.